The molecule has 1 aromatic carbocycles. The Morgan fingerprint density at radius 2 is 1.94 bits per heavy atom. The first-order valence-corrected chi connectivity index (χ1v) is 5.98. The number of anilines is 1. The first kappa shape index (κ1) is 12.8. The lowest BCUT2D eigenvalue weighted by molar-refractivity contribution is -0.135. The van der Waals surface area contributed by atoms with Crippen molar-refractivity contribution in [2.24, 2.45) is 0 Å². The lowest BCUT2D eigenvalue weighted by Crippen LogP contribution is -2.49. The first-order valence-electron chi connectivity index (χ1n) is 5.98. The minimum atomic E-state index is -0.214. The van der Waals surface area contributed by atoms with E-state index >= 15 is 0 Å². The number of ether oxygens (including phenoxy) is 1. The highest BCUT2D eigenvalue weighted by Gasteiger charge is 2.22. The summed E-state index contributed by atoms with van der Waals surface area (Å²) < 4.78 is 18.4. The summed E-state index contributed by atoms with van der Waals surface area (Å²) in [6, 6.07) is 6.72. The largest absolute Gasteiger partial charge is 0.375 e. The van der Waals surface area contributed by atoms with Crippen LogP contribution in [0.1, 0.15) is 0 Å². The highest BCUT2D eigenvalue weighted by molar-refractivity contribution is 5.77. The standard InChI is InChI=1S/C13H17FN2O2/c1-18-10-13(17)16-8-6-15(7-9-16)12-5-3-2-4-11(12)14/h2-5H,6-10H2,1H3. The maximum absolute atomic E-state index is 13.6. The second kappa shape index (κ2) is 5.82. The lowest BCUT2D eigenvalue weighted by Gasteiger charge is -2.36. The lowest BCUT2D eigenvalue weighted by atomic mass is 10.2. The third kappa shape index (κ3) is 2.79. The summed E-state index contributed by atoms with van der Waals surface area (Å²) >= 11 is 0. The van der Waals surface area contributed by atoms with E-state index < -0.39 is 0 Å². The molecule has 0 aromatic heterocycles. The van der Waals surface area contributed by atoms with E-state index in [0.717, 1.165) is 0 Å². The van der Waals surface area contributed by atoms with Crippen molar-refractivity contribution in [3.8, 4) is 0 Å². The third-order valence-electron chi connectivity index (χ3n) is 3.09. The van der Waals surface area contributed by atoms with Gasteiger partial charge in [0.05, 0.1) is 5.69 Å². The van der Waals surface area contributed by atoms with E-state index in [0.29, 0.717) is 31.9 Å². The fraction of sp³-hybridized carbons (Fsp3) is 0.462. The molecule has 0 N–H and O–H groups in total. The second-order valence-electron chi connectivity index (χ2n) is 4.25. The quantitative estimate of drug-likeness (QED) is 0.808. The van der Waals surface area contributed by atoms with Crippen LogP contribution in [0.25, 0.3) is 0 Å². The van der Waals surface area contributed by atoms with Crippen molar-refractivity contribution in [2.75, 3.05) is 44.8 Å². The predicted molar refractivity (Wildman–Crippen MR) is 67.1 cm³/mol. The summed E-state index contributed by atoms with van der Waals surface area (Å²) in [5.74, 6) is -0.222. The number of benzene rings is 1. The molecule has 1 saturated heterocycles. The van der Waals surface area contributed by atoms with Gasteiger partial charge in [0.15, 0.2) is 0 Å². The Kier molecular flexibility index (Phi) is 4.15. The number of piperazine rings is 1. The molecule has 1 aromatic rings. The van der Waals surface area contributed by atoms with Gasteiger partial charge in [-0.05, 0) is 12.1 Å². The third-order valence-corrected chi connectivity index (χ3v) is 3.09. The number of amides is 1. The minimum absolute atomic E-state index is 0.00863. The summed E-state index contributed by atoms with van der Waals surface area (Å²) in [5, 5.41) is 0. The summed E-state index contributed by atoms with van der Waals surface area (Å²) in [4.78, 5) is 15.3. The zero-order valence-corrected chi connectivity index (χ0v) is 10.4. The van der Waals surface area contributed by atoms with Gasteiger partial charge < -0.3 is 14.5 Å². The van der Waals surface area contributed by atoms with Crippen LogP contribution in [-0.4, -0.2) is 50.7 Å². The van der Waals surface area contributed by atoms with Crippen LogP contribution in [0, 0.1) is 5.82 Å². The van der Waals surface area contributed by atoms with Crippen LogP contribution in [-0.2, 0) is 9.53 Å². The number of hydrogen-bond acceptors (Lipinski definition) is 3. The molecule has 1 fully saturated rings. The van der Waals surface area contributed by atoms with Gasteiger partial charge in [-0.15, -0.1) is 0 Å². The van der Waals surface area contributed by atoms with Gasteiger partial charge in [-0.2, -0.15) is 0 Å². The molecule has 0 atom stereocenters. The number of halogens is 1. The predicted octanol–water partition coefficient (Wildman–Crippen LogP) is 1.12. The number of carbonyl (C=O) groups is 1. The molecule has 0 unspecified atom stereocenters. The number of carbonyl (C=O) groups excluding carboxylic acids is 1. The molecule has 18 heavy (non-hydrogen) atoms. The molecule has 98 valence electrons. The number of methoxy groups -OCH3 is 1. The van der Waals surface area contributed by atoms with E-state index in [1.165, 1.54) is 13.2 Å². The van der Waals surface area contributed by atoms with Gasteiger partial charge in [0, 0.05) is 33.3 Å². The molecule has 0 spiro atoms. The van der Waals surface area contributed by atoms with Crippen LogP contribution >= 0.6 is 0 Å². The fourth-order valence-corrected chi connectivity index (χ4v) is 2.12. The van der Waals surface area contributed by atoms with Crippen molar-refractivity contribution in [3.05, 3.63) is 30.1 Å². The molecule has 1 amide bonds. The molecule has 2 rings (SSSR count). The first-order chi connectivity index (χ1) is 8.72. The monoisotopic (exact) mass is 252 g/mol. The molecular formula is C13H17FN2O2. The van der Waals surface area contributed by atoms with Crippen molar-refractivity contribution < 1.29 is 13.9 Å². The van der Waals surface area contributed by atoms with Gasteiger partial charge in [-0.3, -0.25) is 4.79 Å². The Labute approximate surface area is 106 Å². The Morgan fingerprint density at radius 3 is 2.56 bits per heavy atom. The van der Waals surface area contributed by atoms with Gasteiger partial charge in [0.25, 0.3) is 0 Å². The van der Waals surface area contributed by atoms with Crippen molar-refractivity contribution in [1.82, 2.24) is 4.90 Å². The van der Waals surface area contributed by atoms with Crippen LogP contribution in [0.5, 0.6) is 0 Å². The van der Waals surface area contributed by atoms with Gasteiger partial charge in [0.2, 0.25) is 5.91 Å². The molecule has 5 heteroatoms. The highest BCUT2D eigenvalue weighted by atomic mass is 19.1. The van der Waals surface area contributed by atoms with Gasteiger partial charge in [-0.1, -0.05) is 12.1 Å². The maximum Gasteiger partial charge on any atom is 0.248 e. The van der Waals surface area contributed by atoms with Crippen molar-refractivity contribution in [2.45, 2.75) is 0 Å². The average molecular weight is 252 g/mol. The molecule has 1 aliphatic heterocycles. The van der Waals surface area contributed by atoms with E-state index in [2.05, 4.69) is 0 Å². The van der Waals surface area contributed by atoms with Crippen LogP contribution in [0.15, 0.2) is 24.3 Å². The minimum Gasteiger partial charge on any atom is -0.375 e. The van der Waals surface area contributed by atoms with Crippen LogP contribution in [0.4, 0.5) is 10.1 Å². The molecule has 0 saturated carbocycles. The van der Waals surface area contributed by atoms with Crippen LogP contribution in [0.3, 0.4) is 0 Å². The van der Waals surface area contributed by atoms with E-state index in [1.807, 2.05) is 11.0 Å². The summed E-state index contributed by atoms with van der Waals surface area (Å²) in [6.07, 6.45) is 0. The average Bonchev–Trinajstić information content (AvgIpc) is 2.40. The summed E-state index contributed by atoms with van der Waals surface area (Å²) in [7, 11) is 1.51. The molecule has 1 aliphatic rings. The second-order valence-corrected chi connectivity index (χ2v) is 4.25. The van der Waals surface area contributed by atoms with Crippen LogP contribution in [0.2, 0.25) is 0 Å². The molecule has 4 nitrogen and oxygen atoms in total. The van der Waals surface area contributed by atoms with Gasteiger partial charge in [0.1, 0.15) is 12.4 Å². The molecular weight excluding hydrogens is 235 g/mol. The van der Waals surface area contributed by atoms with Crippen LogP contribution < -0.4 is 4.90 Å². The number of hydrogen-bond donors (Lipinski definition) is 0. The van der Waals surface area contributed by atoms with E-state index in [4.69, 9.17) is 4.74 Å². The zero-order valence-electron chi connectivity index (χ0n) is 10.4. The fourth-order valence-electron chi connectivity index (χ4n) is 2.12. The SMILES string of the molecule is COCC(=O)N1CCN(c2ccccc2F)CC1. The normalized spacial score (nSPS) is 15.9. The number of para-hydroxylation sites is 1. The van der Waals surface area contributed by atoms with Crippen molar-refractivity contribution in [1.29, 1.82) is 0 Å². The van der Waals surface area contributed by atoms with E-state index in [1.54, 1.807) is 17.0 Å². The zero-order chi connectivity index (χ0) is 13.0. The Balaban J connectivity index is 1.95. The Hall–Kier alpha value is -1.62. The summed E-state index contributed by atoms with van der Waals surface area (Å²) in [5.41, 5.74) is 0.608. The van der Waals surface area contributed by atoms with Crippen molar-refractivity contribution in [3.63, 3.8) is 0 Å². The van der Waals surface area contributed by atoms with E-state index in [-0.39, 0.29) is 18.3 Å². The van der Waals surface area contributed by atoms with E-state index in [9.17, 15) is 9.18 Å². The summed E-state index contributed by atoms with van der Waals surface area (Å²) in [6.45, 7) is 2.62. The van der Waals surface area contributed by atoms with Crippen molar-refractivity contribution >= 4 is 11.6 Å². The Morgan fingerprint density at radius 1 is 1.28 bits per heavy atom. The molecule has 1 heterocycles. The maximum atomic E-state index is 13.6. The number of rotatable bonds is 3. The van der Waals surface area contributed by atoms with Gasteiger partial charge >= 0.3 is 0 Å². The smallest absolute Gasteiger partial charge is 0.248 e. The topological polar surface area (TPSA) is 32.8 Å². The molecule has 0 radical (unpaired) electrons. The highest BCUT2D eigenvalue weighted by Crippen LogP contribution is 2.20. The Bertz CT molecular complexity index is 417. The molecule has 0 aliphatic carbocycles. The molecule has 0 bridgehead atoms. The number of nitrogens with zero attached hydrogens (tertiary/aromatic N) is 2. The van der Waals surface area contributed by atoms with Gasteiger partial charge in [-0.25, -0.2) is 4.39 Å².